The van der Waals surface area contributed by atoms with Crippen LogP contribution in [-0.2, 0) is 19.4 Å². The molecule has 1 N–H and O–H groups in total. The van der Waals surface area contributed by atoms with Gasteiger partial charge in [0.15, 0.2) is 4.83 Å². The lowest BCUT2D eigenvalue weighted by molar-refractivity contribution is 0.0696. The van der Waals surface area contributed by atoms with Crippen LogP contribution >= 0.6 is 11.3 Å². The number of benzene rings is 1. The Morgan fingerprint density at radius 1 is 1.36 bits per heavy atom. The number of rotatable bonds is 3. The molecular weight excluding hydrogens is 374 g/mol. The first kappa shape index (κ1) is 18.8. The summed E-state index contributed by atoms with van der Waals surface area (Å²) in [5.74, 6) is -0.391. The fourth-order valence-corrected chi connectivity index (χ4v) is 5.18. The summed E-state index contributed by atoms with van der Waals surface area (Å²) >= 11 is 1.59. The molecule has 0 spiro atoms. The zero-order chi connectivity index (χ0) is 20.1. The minimum absolute atomic E-state index is 0.141. The van der Waals surface area contributed by atoms with Gasteiger partial charge in [-0.3, -0.25) is 4.79 Å². The number of thiophene rings is 1. The third-order valence-corrected chi connectivity index (χ3v) is 6.81. The molecule has 0 saturated carbocycles. The largest absolute Gasteiger partial charge is 0.478 e. The smallest absolute Gasteiger partial charge is 0.335 e. The standard InChI is InChI=1S/C21H23N3O3S/c1-21(2,3)14-7-8-15-16(10-14)28-18-17(15)19(25)24(23-22-18)11-12-5-4-6-13(9-12)20(26)27/h4-6,9,14H,7-8,10-11H2,1-3H3,(H,26,27)/t14-/m1/s1. The molecule has 0 fully saturated rings. The molecule has 7 heteroatoms. The van der Waals surface area contributed by atoms with Crippen LogP contribution in [-0.4, -0.2) is 26.1 Å². The van der Waals surface area contributed by atoms with Gasteiger partial charge in [0.05, 0.1) is 17.5 Å². The fraction of sp³-hybridized carbons (Fsp3) is 0.429. The van der Waals surface area contributed by atoms with Crippen LogP contribution in [0.4, 0.5) is 0 Å². The highest BCUT2D eigenvalue weighted by molar-refractivity contribution is 7.18. The predicted octanol–water partition coefficient (Wildman–Crippen LogP) is 3.75. The van der Waals surface area contributed by atoms with E-state index in [4.69, 9.17) is 5.11 Å². The zero-order valence-electron chi connectivity index (χ0n) is 16.2. The highest BCUT2D eigenvalue weighted by Crippen LogP contribution is 2.41. The lowest BCUT2D eigenvalue weighted by Crippen LogP contribution is -2.28. The van der Waals surface area contributed by atoms with Crippen molar-refractivity contribution in [3.8, 4) is 0 Å². The van der Waals surface area contributed by atoms with E-state index in [1.54, 1.807) is 29.5 Å². The lowest BCUT2D eigenvalue weighted by atomic mass is 9.72. The average Bonchev–Trinajstić information content (AvgIpc) is 3.02. The zero-order valence-corrected chi connectivity index (χ0v) is 17.0. The lowest BCUT2D eigenvalue weighted by Gasteiger charge is -2.33. The normalized spacial score (nSPS) is 16.9. The topological polar surface area (TPSA) is 85.1 Å². The number of fused-ring (bicyclic) bond motifs is 3. The monoisotopic (exact) mass is 397 g/mol. The molecule has 0 amide bonds. The number of nitrogens with zero attached hydrogens (tertiary/aromatic N) is 3. The van der Waals surface area contributed by atoms with Crippen LogP contribution in [0.2, 0.25) is 0 Å². The highest BCUT2D eigenvalue weighted by atomic mass is 32.1. The van der Waals surface area contributed by atoms with Gasteiger partial charge in [0, 0.05) is 4.88 Å². The molecule has 28 heavy (non-hydrogen) atoms. The van der Waals surface area contributed by atoms with Gasteiger partial charge in [-0.1, -0.05) is 38.1 Å². The van der Waals surface area contributed by atoms with E-state index in [0.29, 0.717) is 21.7 Å². The van der Waals surface area contributed by atoms with E-state index in [-0.39, 0.29) is 23.1 Å². The number of carboxylic acids is 1. The third-order valence-electron chi connectivity index (χ3n) is 5.67. The molecule has 0 radical (unpaired) electrons. The second-order valence-corrected chi connectivity index (χ2v) is 9.63. The van der Waals surface area contributed by atoms with Gasteiger partial charge in [0.25, 0.3) is 5.56 Å². The Hall–Kier alpha value is -2.54. The summed E-state index contributed by atoms with van der Waals surface area (Å²) in [5.41, 5.74) is 2.15. The van der Waals surface area contributed by atoms with Crippen LogP contribution < -0.4 is 5.56 Å². The van der Waals surface area contributed by atoms with Crippen molar-refractivity contribution in [3.05, 3.63) is 56.2 Å². The Kier molecular flexibility index (Phi) is 4.57. The summed E-state index contributed by atoms with van der Waals surface area (Å²) in [4.78, 5) is 26.3. The molecule has 1 aliphatic rings. The molecule has 1 atom stereocenters. The number of aromatic nitrogens is 3. The van der Waals surface area contributed by atoms with Crippen molar-refractivity contribution >= 4 is 27.5 Å². The molecule has 3 aromatic rings. The summed E-state index contributed by atoms with van der Waals surface area (Å²) in [6.45, 7) is 7.02. The van der Waals surface area contributed by atoms with Crippen molar-refractivity contribution < 1.29 is 9.90 Å². The van der Waals surface area contributed by atoms with Gasteiger partial charge in [0.2, 0.25) is 0 Å². The Balaban J connectivity index is 1.71. The van der Waals surface area contributed by atoms with Crippen LogP contribution in [0.15, 0.2) is 29.1 Å². The molecule has 0 unspecified atom stereocenters. The minimum atomic E-state index is -0.990. The van der Waals surface area contributed by atoms with Gasteiger partial charge in [-0.2, -0.15) is 0 Å². The Morgan fingerprint density at radius 2 is 2.14 bits per heavy atom. The number of carboxylic acid groups (broad SMARTS) is 1. The van der Waals surface area contributed by atoms with Gasteiger partial charge in [0.1, 0.15) is 0 Å². The van der Waals surface area contributed by atoms with Crippen molar-refractivity contribution in [2.75, 3.05) is 0 Å². The second-order valence-electron chi connectivity index (χ2n) is 8.55. The molecule has 0 saturated heterocycles. The summed E-state index contributed by atoms with van der Waals surface area (Å²) in [7, 11) is 0. The Bertz CT molecular complexity index is 1120. The first-order chi connectivity index (χ1) is 13.2. The van der Waals surface area contributed by atoms with E-state index >= 15 is 0 Å². The van der Waals surface area contributed by atoms with Crippen LogP contribution in [0.25, 0.3) is 10.2 Å². The molecule has 1 aliphatic carbocycles. The number of carbonyl (C=O) groups is 1. The number of aromatic carboxylic acids is 1. The highest BCUT2D eigenvalue weighted by Gasteiger charge is 2.31. The van der Waals surface area contributed by atoms with E-state index in [2.05, 4.69) is 31.1 Å². The molecule has 1 aromatic carbocycles. The van der Waals surface area contributed by atoms with Crippen LogP contribution in [0, 0.1) is 11.3 Å². The Morgan fingerprint density at radius 3 is 2.86 bits per heavy atom. The van der Waals surface area contributed by atoms with Crippen molar-refractivity contribution in [2.24, 2.45) is 11.3 Å². The molecule has 146 valence electrons. The van der Waals surface area contributed by atoms with E-state index in [9.17, 15) is 9.59 Å². The number of hydrogen-bond donors (Lipinski definition) is 1. The molecule has 2 aromatic heterocycles. The number of aryl methyl sites for hydroxylation is 1. The van der Waals surface area contributed by atoms with E-state index in [1.807, 2.05) is 0 Å². The maximum absolute atomic E-state index is 13.1. The summed E-state index contributed by atoms with van der Waals surface area (Å²) in [6, 6.07) is 6.57. The fourth-order valence-electron chi connectivity index (χ4n) is 3.95. The molecule has 0 bridgehead atoms. The molecule has 0 aliphatic heterocycles. The molecule has 6 nitrogen and oxygen atoms in total. The van der Waals surface area contributed by atoms with E-state index in [1.165, 1.54) is 15.6 Å². The van der Waals surface area contributed by atoms with Gasteiger partial charge in [-0.25, -0.2) is 9.48 Å². The van der Waals surface area contributed by atoms with E-state index in [0.717, 1.165) is 24.8 Å². The second kappa shape index (κ2) is 6.81. The third kappa shape index (κ3) is 3.35. The maximum Gasteiger partial charge on any atom is 0.335 e. The summed E-state index contributed by atoms with van der Waals surface area (Å²) in [6.07, 6.45) is 2.96. The van der Waals surface area contributed by atoms with Crippen molar-refractivity contribution in [2.45, 2.75) is 46.6 Å². The first-order valence-electron chi connectivity index (χ1n) is 9.44. The van der Waals surface area contributed by atoms with Gasteiger partial charge < -0.3 is 5.11 Å². The van der Waals surface area contributed by atoms with Gasteiger partial charge in [-0.15, -0.1) is 16.4 Å². The van der Waals surface area contributed by atoms with Crippen molar-refractivity contribution in [1.82, 2.24) is 15.0 Å². The quantitative estimate of drug-likeness (QED) is 0.727. The number of hydrogen-bond acceptors (Lipinski definition) is 5. The SMILES string of the molecule is CC(C)(C)[C@@H]1CCc2c(sc3nnn(Cc4cccc(C(=O)O)c4)c(=O)c23)C1. The summed E-state index contributed by atoms with van der Waals surface area (Å²) < 4.78 is 1.34. The minimum Gasteiger partial charge on any atom is -0.478 e. The first-order valence-corrected chi connectivity index (χ1v) is 10.3. The Labute approximate surface area is 166 Å². The average molecular weight is 398 g/mol. The molecular formula is C21H23N3O3S. The molecule has 4 rings (SSSR count). The van der Waals surface area contributed by atoms with E-state index < -0.39 is 5.97 Å². The van der Waals surface area contributed by atoms with Gasteiger partial charge in [-0.05, 0) is 53.9 Å². The van der Waals surface area contributed by atoms with Crippen molar-refractivity contribution in [3.63, 3.8) is 0 Å². The molecule has 2 heterocycles. The maximum atomic E-state index is 13.1. The van der Waals surface area contributed by atoms with Crippen LogP contribution in [0.3, 0.4) is 0 Å². The van der Waals surface area contributed by atoms with Crippen molar-refractivity contribution in [1.29, 1.82) is 0 Å². The summed E-state index contributed by atoms with van der Waals surface area (Å²) in [5, 5.41) is 18.3. The predicted molar refractivity (Wildman–Crippen MR) is 109 cm³/mol. The van der Waals surface area contributed by atoms with Gasteiger partial charge >= 0.3 is 5.97 Å². The van der Waals surface area contributed by atoms with Crippen LogP contribution in [0.1, 0.15) is 53.6 Å². The van der Waals surface area contributed by atoms with Crippen LogP contribution in [0.5, 0.6) is 0 Å².